The van der Waals surface area contributed by atoms with Crippen LogP contribution in [0, 0.1) is 6.92 Å². The van der Waals surface area contributed by atoms with Crippen molar-refractivity contribution in [1.29, 1.82) is 0 Å². The Morgan fingerprint density at radius 2 is 1.74 bits per heavy atom. The molecule has 7 nitrogen and oxygen atoms in total. The van der Waals surface area contributed by atoms with Crippen LogP contribution < -0.4 is 10.6 Å². The van der Waals surface area contributed by atoms with Gasteiger partial charge in [0.15, 0.2) is 11.0 Å². The largest absolute Gasteiger partial charge is 0.355 e. The summed E-state index contributed by atoms with van der Waals surface area (Å²) in [4.78, 5) is 24.6. The molecule has 1 aromatic heterocycles. The summed E-state index contributed by atoms with van der Waals surface area (Å²) < 4.78 is 1.92. The van der Waals surface area contributed by atoms with Crippen LogP contribution in [0.1, 0.15) is 34.2 Å². The molecule has 0 fully saturated rings. The lowest BCUT2D eigenvalue weighted by Gasteiger charge is -2.10. The van der Waals surface area contributed by atoms with Gasteiger partial charge in [0.2, 0.25) is 5.91 Å². The van der Waals surface area contributed by atoms with Crippen molar-refractivity contribution in [3.63, 3.8) is 0 Å². The predicted octanol–water partition coefficient (Wildman–Crippen LogP) is 2.99. The van der Waals surface area contributed by atoms with Gasteiger partial charge in [-0.05, 0) is 37.5 Å². The van der Waals surface area contributed by atoms with Gasteiger partial charge in [-0.3, -0.25) is 9.59 Å². The highest BCUT2D eigenvalue weighted by atomic mass is 32.2. The van der Waals surface area contributed by atoms with Crippen LogP contribution in [0.15, 0.2) is 59.8 Å². The maximum Gasteiger partial charge on any atom is 0.251 e. The quantitative estimate of drug-likeness (QED) is 0.476. The lowest BCUT2D eigenvalue weighted by atomic mass is 10.1. The molecule has 1 heterocycles. The first-order valence-electron chi connectivity index (χ1n) is 10.3. The van der Waals surface area contributed by atoms with Crippen LogP contribution in [-0.4, -0.2) is 38.9 Å². The Kier molecular flexibility index (Phi) is 8.23. The Morgan fingerprint density at radius 1 is 1.00 bits per heavy atom. The van der Waals surface area contributed by atoms with Crippen molar-refractivity contribution in [3.05, 3.63) is 77.1 Å². The second kappa shape index (κ2) is 11.3. The Morgan fingerprint density at radius 3 is 2.48 bits per heavy atom. The molecule has 0 atom stereocenters. The van der Waals surface area contributed by atoms with Crippen LogP contribution in [0.5, 0.6) is 0 Å². The highest BCUT2D eigenvalue weighted by molar-refractivity contribution is 7.99. The molecule has 3 rings (SSSR count). The van der Waals surface area contributed by atoms with E-state index in [1.54, 1.807) is 6.07 Å². The third-order valence-electron chi connectivity index (χ3n) is 4.82. The molecule has 2 N–H and O–H groups in total. The summed E-state index contributed by atoms with van der Waals surface area (Å²) in [6.07, 6.45) is 0.799. The number of hydrogen-bond donors (Lipinski definition) is 2. The monoisotopic (exact) mass is 437 g/mol. The minimum Gasteiger partial charge on any atom is -0.355 e. The molecular formula is C23H27N5O2S. The number of nitrogens with one attached hydrogen (secondary N) is 2. The van der Waals surface area contributed by atoms with Crippen LogP contribution in [-0.2, 0) is 24.3 Å². The van der Waals surface area contributed by atoms with Gasteiger partial charge < -0.3 is 15.2 Å². The minimum absolute atomic E-state index is 0.0408. The molecule has 3 aromatic rings. The smallest absolute Gasteiger partial charge is 0.251 e. The molecule has 0 saturated heterocycles. The second-order valence-electron chi connectivity index (χ2n) is 7.01. The molecule has 8 heteroatoms. The first kappa shape index (κ1) is 22.6. The van der Waals surface area contributed by atoms with Crippen molar-refractivity contribution >= 4 is 23.6 Å². The van der Waals surface area contributed by atoms with E-state index < -0.39 is 0 Å². The van der Waals surface area contributed by atoms with Crippen molar-refractivity contribution < 1.29 is 9.59 Å². The third-order valence-corrected chi connectivity index (χ3v) is 5.78. The number of benzene rings is 2. The number of rotatable bonds is 10. The molecule has 0 unspecified atom stereocenters. The van der Waals surface area contributed by atoms with E-state index in [1.165, 1.54) is 17.3 Å². The highest BCUT2D eigenvalue weighted by Crippen LogP contribution is 2.17. The van der Waals surface area contributed by atoms with E-state index in [4.69, 9.17) is 0 Å². The minimum atomic E-state index is -0.143. The number of aromatic nitrogens is 3. The molecule has 0 aliphatic carbocycles. The van der Waals surface area contributed by atoms with E-state index in [9.17, 15) is 9.59 Å². The summed E-state index contributed by atoms with van der Waals surface area (Å²) in [6, 6.07) is 17.5. The highest BCUT2D eigenvalue weighted by Gasteiger charge is 2.15. The van der Waals surface area contributed by atoms with Gasteiger partial charge in [-0.25, -0.2) is 0 Å². The van der Waals surface area contributed by atoms with Crippen molar-refractivity contribution in [2.75, 3.05) is 12.3 Å². The second-order valence-corrected chi connectivity index (χ2v) is 7.96. The zero-order valence-electron chi connectivity index (χ0n) is 17.8. The fourth-order valence-corrected chi connectivity index (χ4v) is 3.98. The first-order chi connectivity index (χ1) is 15.1. The Balaban J connectivity index is 1.48. The van der Waals surface area contributed by atoms with Crippen LogP contribution >= 0.6 is 11.8 Å². The standard InChI is InChI=1S/C23H27N5O2S/c1-3-28-20(15-25-22(30)19-12-8-7-9-17(19)2)26-27-23(28)31-16-21(29)24-14-13-18-10-5-4-6-11-18/h4-12H,3,13-16H2,1-2H3,(H,24,29)(H,25,30). The van der Waals surface area contributed by atoms with Gasteiger partial charge in [-0.2, -0.15) is 0 Å². The summed E-state index contributed by atoms with van der Waals surface area (Å²) in [5.41, 5.74) is 2.76. The lowest BCUT2D eigenvalue weighted by Crippen LogP contribution is -2.27. The summed E-state index contributed by atoms with van der Waals surface area (Å²) in [5.74, 6) is 0.746. The molecule has 31 heavy (non-hydrogen) atoms. The van der Waals surface area contributed by atoms with Gasteiger partial charge in [0.1, 0.15) is 0 Å². The molecule has 0 aliphatic heterocycles. The van der Waals surface area contributed by atoms with Crippen LogP contribution in [0.3, 0.4) is 0 Å². The van der Waals surface area contributed by atoms with Crippen molar-refractivity contribution in [2.24, 2.45) is 0 Å². The molecule has 0 bridgehead atoms. The number of thioether (sulfide) groups is 1. The zero-order valence-corrected chi connectivity index (χ0v) is 18.6. The predicted molar refractivity (Wildman–Crippen MR) is 122 cm³/mol. The van der Waals surface area contributed by atoms with Crippen molar-refractivity contribution in [1.82, 2.24) is 25.4 Å². The first-order valence-corrected chi connectivity index (χ1v) is 11.3. The van der Waals surface area contributed by atoms with Crippen molar-refractivity contribution in [2.45, 2.75) is 38.5 Å². The van der Waals surface area contributed by atoms with Gasteiger partial charge >= 0.3 is 0 Å². The average Bonchev–Trinajstić information content (AvgIpc) is 3.19. The van der Waals surface area contributed by atoms with E-state index in [1.807, 2.05) is 66.9 Å². The third kappa shape index (κ3) is 6.42. The molecule has 162 valence electrons. The normalized spacial score (nSPS) is 10.6. The summed E-state index contributed by atoms with van der Waals surface area (Å²) in [5, 5.41) is 14.9. The lowest BCUT2D eigenvalue weighted by molar-refractivity contribution is -0.118. The summed E-state index contributed by atoms with van der Waals surface area (Å²) in [7, 11) is 0. The topological polar surface area (TPSA) is 88.9 Å². The molecule has 2 amide bonds. The zero-order chi connectivity index (χ0) is 22.1. The maximum absolute atomic E-state index is 12.4. The van der Waals surface area contributed by atoms with Crippen LogP contribution in [0.2, 0.25) is 0 Å². The fourth-order valence-electron chi connectivity index (χ4n) is 3.13. The number of amides is 2. The molecule has 2 aromatic carbocycles. The molecule has 0 saturated carbocycles. The number of nitrogens with zero attached hydrogens (tertiary/aromatic N) is 3. The van der Waals surface area contributed by atoms with Gasteiger partial charge in [0, 0.05) is 18.7 Å². The Labute approximate surface area is 186 Å². The average molecular weight is 438 g/mol. The van der Waals surface area contributed by atoms with Crippen molar-refractivity contribution in [3.8, 4) is 0 Å². The van der Waals surface area contributed by atoms with Gasteiger partial charge in [-0.1, -0.05) is 60.3 Å². The van der Waals surface area contributed by atoms with Crippen LogP contribution in [0.25, 0.3) is 0 Å². The Bertz CT molecular complexity index is 1020. The summed E-state index contributed by atoms with van der Waals surface area (Å²) in [6.45, 7) is 5.42. The van der Waals surface area contributed by atoms with Crippen LogP contribution in [0.4, 0.5) is 0 Å². The van der Waals surface area contributed by atoms with Gasteiger partial charge in [-0.15, -0.1) is 10.2 Å². The number of hydrogen-bond acceptors (Lipinski definition) is 5. The Hall–Kier alpha value is -3.13. The van der Waals surface area contributed by atoms with E-state index in [-0.39, 0.29) is 24.1 Å². The maximum atomic E-state index is 12.4. The molecule has 0 aliphatic rings. The molecular weight excluding hydrogens is 410 g/mol. The molecule has 0 spiro atoms. The fraction of sp³-hybridized carbons (Fsp3) is 0.304. The van der Waals surface area contributed by atoms with E-state index in [0.717, 1.165) is 12.0 Å². The summed E-state index contributed by atoms with van der Waals surface area (Å²) >= 11 is 1.34. The SMILES string of the molecule is CCn1c(CNC(=O)c2ccccc2C)nnc1SCC(=O)NCCc1ccccc1. The van der Waals surface area contributed by atoms with E-state index >= 15 is 0 Å². The number of carbonyl (C=O) groups is 2. The van der Waals surface area contributed by atoms with Gasteiger partial charge in [0.25, 0.3) is 5.91 Å². The molecule has 0 radical (unpaired) electrons. The van der Waals surface area contributed by atoms with E-state index in [2.05, 4.69) is 20.8 Å². The van der Waals surface area contributed by atoms with Gasteiger partial charge in [0.05, 0.1) is 12.3 Å². The number of aryl methyl sites for hydroxylation is 1. The number of carbonyl (C=O) groups excluding carboxylic acids is 2. The van der Waals surface area contributed by atoms with E-state index in [0.29, 0.717) is 29.6 Å².